The summed E-state index contributed by atoms with van der Waals surface area (Å²) in [6, 6.07) is 13.8. The van der Waals surface area contributed by atoms with Gasteiger partial charge >= 0.3 is 0 Å². The van der Waals surface area contributed by atoms with Crippen molar-refractivity contribution in [2.24, 2.45) is 0 Å². The lowest BCUT2D eigenvalue weighted by Crippen LogP contribution is -2.49. The van der Waals surface area contributed by atoms with E-state index in [2.05, 4.69) is 4.90 Å². The highest BCUT2D eigenvalue weighted by Gasteiger charge is 2.29. The molecule has 2 aliphatic heterocycles. The van der Waals surface area contributed by atoms with Crippen LogP contribution in [0.25, 0.3) is 0 Å². The third kappa shape index (κ3) is 4.82. The quantitative estimate of drug-likeness (QED) is 0.719. The molecule has 0 radical (unpaired) electrons. The summed E-state index contributed by atoms with van der Waals surface area (Å²) in [6.45, 7) is 7.33. The first-order chi connectivity index (χ1) is 15.4. The molecule has 1 unspecified atom stereocenters. The second kappa shape index (κ2) is 9.51. The van der Waals surface area contributed by atoms with Crippen molar-refractivity contribution in [1.29, 1.82) is 0 Å². The van der Waals surface area contributed by atoms with Crippen molar-refractivity contribution in [1.82, 2.24) is 4.90 Å². The molecule has 2 amide bonds. The number of nitrogens with zero attached hydrogens (tertiary/aromatic N) is 3. The molecule has 7 heteroatoms. The predicted octanol–water partition coefficient (Wildman–Crippen LogP) is 3.25. The van der Waals surface area contributed by atoms with Crippen molar-refractivity contribution in [2.75, 3.05) is 49.6 Å². The summed E-state index contributed by atoms with van der Waals surface area (Å²) >= 11 is 0. The number of piperazine rings is 1. The molecule has 7 nitrogen and oxygen atoms in total. The fourth-order valence-electron chi connectivity index (χ4n) is 4.30. The van der Waals surface area contributed by atoms with E-state index in [0.717, 1.165) is 41.5 Å². The number of rotatable bonds is 5. The van der Waals surface area contributed by atoms with Gasteiger partial charge in [-0.1, -0.05) is 6.07 Å². The Balaban J connectivity index is 1.30. The van der Waals surface area contributed by atoms with Gasteiger partial charge in [0.1, 0.15) is 17.6 Å². The number of hydrogen-bond donors (Lipinski definition) is 0. The first-order valence-electron chi connectivity index (χ1n) is 11.2. The van der Waals surface area contributed by atoms with Crippen molar-refractivity contribution in [2.45, 2.75) is 32.8 Å². The molecular formula is C25H31N3O4. The lowest BCUT2D eigenvalue weighted by atomic mass is 10.1. The number of ether oxygens (including phenoxy) is 2. The zero-order chi connectivity index (χ0) is 22.7. The topological polar surface area (TPSA) is 62.3 Å². The maximum Gasteiger partial charge on any atom is 0.227 e. The van der Waals surface area contributed by atoms with Crippen LogP contribution in [-0.4, -0.2) is 62.7 Å². The summed E-state index contributed by atoms with van der Waals surface area (Å²) in [5.74, 6) is 1.57. The summed E-state index contributed by atoms with van der Waals surface area (Å²) in [4.78, 5) is 31.7. The van der Waals surface area contributed by atoms with Crippen LogP contribution in [0, 0.1) is 6.92 Å². The fraction of sp³-hybridized carbons (Fsp3) is 0.440. The van der Waals surface area contributed by atoms with Gasteiger partial charge in [-0.05, 0) is 55.8 Å². The van der Waals surface area contributed by atoms with Gasteiger partial charge in [0.25, 0.3) is 0 Å². The van der Waals surface area contributed by atoms with Crippen molar-refractivity contribution in [3.63, 3.8) is 0 Å². The van der Waals surface area contributed by atoms with E-state index in [-0.39, 0.29) is 30.8 Å². The van der Waals surface area contributed by atoms with Crippen LogP contribution >= 0.6 is 0 Å². The standard InChI is InChI=1S/C25H31N3O4/c1-18-4-9-23-22(16-18)28(17-19(2)32-23)25(30)11-10-24(29)27-14-12-26(13-15-27)20-5-7-21(31-3)8-6-20/h4-9,16,19H,10-15,17H2,1-3H3. The molecule has 4 rings (SSSR count). The molecule has 170 valence electrons. The molecule has 0 saturated carbocycles. The Hall–Kier alpha value is -3.22. The number of fused-ring (bicyclic) bond motifs is 1. The van der Waals surface area contributed by atoms with Crippen LogP contribution < -0.4 is 19.3 Å². The predicted molar refractivity (Wildman–Crippen MR) is 125 cm³/mol. The Morgan fingerprint density at radius 2 is 1.69 bits per heavy atom. The average Bonchev–Trinajstić information content (AvgIpc) is 2.82. The van der Waals surface area contributed by atoms with E-state index in [1.54, 1.807) is 12.0 Å². The van der Waals surface area contributed by atoms with E-state index in [0.29, 0.717) is 19.6 Å². The van der Waals surface area contributed by atoms with Gasteiger partial charge in [-0.2, -0.15) is 0 Å². The van der Waals surface area contributed by atoms with Gasteiger partial charge in [-0.15, -0.1) is 0 Å². The Morgan fingerprint density at radius 1 is 1.00 bits per heavy atom. The second-order valence-corrected chi connectivity index (χ2v) is 8.47. The highest BCUT2D eigenvalue weighted by molar-refractivity contribution is 5.97. The maximum atomic E-state index is 13.0. The van der Waals surface area contributed by atoms with Gasteiger partial charge in [0.15, 0.2) is 0 Å². The van der Waals surface area contributed by atoms with Gasteiger partial charge in [0, 0.05) is 44.7 Å². The molecule has 1 fully saturated rings. The van der Waals surface area contributed by atoms with Crippen molar-refractivity contribution in [3.05, 3.63) is 48.0 Å². The molecule has 0 spiro atoms. The van der Waals surface area contributed by atoms with Crippen molar-refractivity contribution in [3.8, 4) is 11.5 Å². The summed E-state index contributed by atoms with van der Waals surface area (Å²) in [6.07, 6.45) is 0.363. The van der Waals surface area contributed by atoms with Crippen LogP contribution in [0.2, 0.25) is 0 Å². The molecule has 2 aromatic carbocycles. The molecule has 0 aromatic heterocycles. The normalized spacial score (nSPS) is 18.1. The highest BCUT2D eigenvalue weighted by Crippen LogP contribution is 2.34. The third-order valence-electron chi connectivity index (χ3n) is 6.10. The zero-order valence-corrected chi connectivity index (χ0v) is 19.0. The number of amides is 2. The minimum absolute atomic E-state index is 0.0304. The third-order valence-corrected chi connectivity index (χ3v) is 6.10. The van der Waals surface area contributed by atoms with E-state index in [1.165, 1.54) is 0 Å². The lowest BCUT2D eigenvalue weighted by Gasteiger charge is -2.36. The molecule has 0 N–H and O–H groups in total. The number of benzene rings is 2. The van der Waals surface area contributed by atoms with Gasteiger partial charge in [0.05, 0.1) is 19.3 Å². The summed E-state index contributed by atoms with van der Waals surface area (Å²) in [5.41, 5.74) is 3.00. The Kier molecular flexibility index (Phi) is 6.53. The SMILES string of the molecule is COc1ccc(N2CCN(C(=O)CCC(=O)N3CC(C)Oc4ccc(C)cc43)CC2)cc1. The van der Waals surface area contributed by atoms with E-state index in [4.69, 9.17) is 9.47 Å². The van der Waals surface area contributed by atoms with Crippen LogP contribution in [0.3, 0.4) is 0 Å². The monoisotopic (exact) mass is 437 g/mol. The van der Waals surface area contributed by atoms with Crippen LogP contribution in [0.5, 0.6) is 11.5 Å². The largest absolute Gasteiger partial charge is 0.497 e. The molecule has 32 heavy (non-hydrogen) atoms. The van der Waals surface area contributed by atoms with Crippen LogP contribution in [-0.2, 0) is 9.59 Å². The molecule has 2 heterocycles. The average molecular weight is 438 g/mol. The molecule has 1 atom stereocenters. The van der Waals surface area contributed by atoms with Crippen LogP contribution in [0.1, 0.15) is 25.3 Å². The Bertz CT molecular complexity index is 968. The van der Waals surface area contributed by atoms with Gasteiger partial charge in [0.2, 0.25) is 11.8 Å². The molecular weight excluding hydrogens is 406 g/mol. The van der Waals surface area contributed by atoms with E-state index in [1.807, 2.05) is 61.2 Å². The van der Waals surface area contributed by atoms with E-state index >= 15 is 0 Å². The zero-order valence-electron chi connectivity index (χ0n) is 19.0. The van der Waals surface area contributed by atoms with Crippen molar-refractivity contribution < 1.29 is 19.1 Å². The smallest absolute Gasteiger partial charge is 0.227 e. The molecule has 0 bridgehead atoms. The number of methoxy groups -OCH3 is 1. The molecule has 0 aliphatic carbocycles. The molecule has 1 saturated heterocycles. The minimum Gasteiger partial charge on any atom is -0.497 e. The number of carbonyl (C=O) groups is 2. The minimum atomic E-state index is -0.0733. The second-order valence-electron chi connectivity index (χ2n) is 8.47. The summed E-state index contributed by atoms with van der Waals surface area (Å²) in [5, 5.41) is 0. The summed E-state index contributed by atoms with van der Waals surface area (Å²) < 4.78 is 11.1. The Morgan fingerprint density at radius 3 is 2.38 bits per heavy atom. The lowest BCUT2D eigenvalue weighted by molar-refractivity contribution is -0.133. The van der Waals surface area contributed by atoms with Crippen LogP contribution in [0.4, 0.5) is 11.4 Å². The van der Waals surface area contributed by atoms with Gasteiger partial charge in [-0.25, -0.2) is 0 Å². The number of hydrogen-bond acceptors (Lipinski definition) is 5. The number of carbonyl (C=O) groups excluding carboxylic acids is 2. The van der Waals surface area contributed by atoms with Gasteiger partial charge in [-0.3, -0.25) is 9.59 Å². The summed E-state index contributed by atoms with van der Waals surface area (Å²) in [7, 11) is 1.66. The number of aryl methyl sites for hydroxylation is 1. The first kappa shape index (κ1) is 22.0. The maximum absolute atomic E-state index is 13.0. The van der Waals surface area contributed by atoms with Crippen molar-refractivity contribution >= 4 is 23.2 Å². The van der Waals surface area contributed by atoms with E-state index in [9.17, 15) is 9.59 Å². The van der Waals surface area contributed by atoms with Crippen LogP contribution in [0.15, 0.2) is 42.5 Å². The van der Waals surface area contributed by atoms with E-state index < -0.39 is 0 Å². The van der Waals surface area contributed by atoms with Gasteiger partial charge < -0.3 is 24.2 Å². The Labute approximate surface area is 189 Å². The molecule has 2 aromatic rings. The highest BCUT2D eigenvalue weighted by atomic mass is 16.5. The molecule has 2 aliphatic rings. The first-order valence-corrected chi connectivity index (χ1v) is 11.2. The number of anilines is 2. The fourth-order valence-corrected chi connectivity index (χ4v) is 4.30.